The lowest BCUT2D eigenvalue weighted by atomic mass is 10.1. The lowest BCUT2D eigenvalue weighted by Crippen LogP contribution is -1.99. The molecule has 1 aromatic heterocycles. The van der Waals surface area contributed by atoms with Crippen molar-refractivity contribution < 1.29 is 5.11 Å². The lowest BCUT2D eigenvalue weighted by molar-refractivity contribution is 0.159. The van der Waals surface area contributed by atoms with Gasteiger partial charge in [0.2, 0.25) is 0 Å². The van der Waals surface area contributed by atoms with E-state index in [0.717, 1.165) is 31.4 Å². The van der Waals surface area contributed by atoms with Crippen LogP contribution in [0.1, 0.15) is 43.9 Å². The molecule has 1 rings (SSSR count). The molecule has 2 nitrogen and oxygen atoms in total. The van der Waals surface area contributed by atoms with Crippen molar-refractivity contribution in [3.05, 3.63) is 42.7 Å². The van der Waals surface area contributed by atoms with E-state index in [2.05, 4.69) is 11.6 Å². The van der Waals surface area contributed by atoms with Crippen LogP contribution in [0.25, 0.3) is 0 Å². The zero-order valence-corrected chi connectivity index (χ0v) is 9.10. The molecule has 0 aliphatic rings. The maximum atomic E-state index is 9.79. The summed E-state index contributed by atoms with van der Waals surface area (Å²) in [5, 5.41) is 9.79. The highest BCUT2D eigenvalue weighted by Gasteiger charge is 2.06. The monoisotopic (exact) mass is 205 g/mol. The molecule has 1 atom stereocenters. The molecule has 0 spiro atoms. The first-order valence-corrected chi connectivity index (χ1v) is 5.54. The van der Waals surface area contributed by atoms with Crippen molar-refractivity contribution in [2.45, 2.75) is 38.2 Å². The van der Waals surface area contributed by atoms with Gasteiger partial charge in [-0.3, -0.25) is 4.98 Å². The second kappa shape index (κ2) is 7.18. The molecule has 1 unspecified atom stereocenters. The number of pyridine rings is 1. The Morgan fingerprint density at radius 2 is 2.20 bits per heavy atom. The fourth-order valence-electron chi connectivity index (χ4n) is 1.52. The molecule has 2 heteroatoms. The molecular weight excluding hydrogens is 186 g/mol. The normalized spacial score (nSPS) is 12.3. The molecular formula is C13H19NO. The Balaban J connectivity index is 2.19. The van der Waals surface area contributed by atoms with Crippen molar-refractivity contribution in [3.63, 3.8) is 0 Å². The summed E-state index contributed by atoms with van der Waals surface area (Å²) in [6, 6.07) is 5.64. The molecule has 0 bridgehead atoms. The number of rotatable bonds is 7. The highest BCUT2D eigenvalue weighted by atomic mass is 16.3. The fraction of sp³-hybridized carbons (Fsp3) is 0.462. The van der Waals surface area contributed by atoms with Crippen LogP contribution in [-0.2, 0) is 0 Å². The average molecular weight is 205 g/mol. The first-order chi connectivity index (χ1) is 7.34. The Bertz CT molecular complexity index is 271. The molecule has 15 heavy (non-hydrogen) atoms. The Morgan fingerprint density at radius 1 is 1.33 bits per heavy atom. The van der Waals surface area contributed by atoms with Gasteiger partial charge in [0.05, 0.1) is 11.8 Å². The van der Waals surface area contributed by atoms with Gasteiger partial charge in [-0.15, -0.1) is 6.58 Å². The first kappa shape index (κ1) is 11.9. The molecule has 82 valence electrons. The van der Waals surface area contributed by atoms with Crippen molar-refractivity contribution >= 4 is 0 Å². The van der Waals surface area contributed by atoms with Gasteiger partial charge in [-0.05, 0) is 31.4 Å². The minimum absolute atomic E-state index is 0.407. The molecule has 0 aromatic carbocycles. The molecule has 1 N–H and O–H groups in total. The van der Waals surface area contributed by atoms with Gasteiger partial charge < -0.3 is 5.11 Å². The number of aliphatic hydroxyl groups excluding tert-OH is 1. The van der Waals surface area contributed by atoms with E-state index in [4.69, 9.17) is 0 Å². The summed E-state index contributed by atoms with van der Waals surface area (Å²) in [7, 11) is 0. The summed E-state index contributed by atoms with van der Waals surface area (Å²) in [4.78, 5) is 4.13. The smallest absolute Gasteiger partial charge is 0.0959 e. The Hall–Kier alpha value is -1.15. The van der Waals surface area contributed by atoms with Gasteiger partial charge >= 0.3 is 0 Å². The summed E-state index contributed by atoms with van der Waals surface area (Å²) in [6.45, 7) is 3.68. The van der Waals surface area contributed by atoms with Crippen molar-refractivity contribution in [2.24, 2.45) is 0 Å². The van der Waals surface area contributed by atoms with Gasteiger partial charge in [-0.25, -0.2) is 0 Å². The summed E-state index contributed by atoms with van der Waals surface area (Å²) in [5.41, 5.74) is 0.779. The van der Waals surface area contributed by atoms with Crippen molar-refractivity contribution in [2.75, 3.05) is 0 Å². The van der Waals surface area contributed by atoms with Crippen LogP contribution in [0.3, 0.4) is 0 Å². The van der Waals surface area contributed by atoms with Crippen LogP contribution in [0.2, 0.25) is 0 Å². The Morgan fingerprint density at radius 3 is 2.87 bits per heavy atom. The maximum absolute atomic E-state index is 9.79. The Labute approximate surface area is 91.7 Å². The lowest BCUT2D eigenvalue weighted by Gasteiger charge is -2.08. The molecule has 1 aromatic rings. The van der Waals surface area contributed by atoms with Crippen LogP contribution in [0, 0.1) is 0 Å². The van der Waals surface area contributed by atoms with E-state index >= 15 is 0 Å². The minimum Gasteiger partial charge on any atom is -0.387 e. The highest BCUT2D eigenvalue weighted by molar-refractivity contribution is 5.06. The first-order valence-electron chi connectivity index (χ1n) is 5.54. The second-order valence-corrected chi connectivity index (χ2v) is 3.70. The number of aliphatic hydroxyl groups is 1. The van der Waals surface area contributed by atoms with Gasteiger partial charge in [0.1, 0.15) is 0 Å². The van der Waals surface area contributed by atoms with Crippen molar-refractivity contribution in [1.29, 1.82) is 0 Å². The third-order valence-corrected chi connectivity index (χ3v) is 2.41. The van der Waals surface area contributed by atoms with Gasteiger partial charge in [0.25, 0.3) is 0 Å². The number of hydrogen-bond acceptors (Lipinski definition) is 2. The van der Waals surface area contributed by atoms with Gasteiger partial charge in [0.15, 0.2) is 0 Å². The molecule has 0 amide bonds. The molecule has 0 saturated carbocycles. The van der Waals surface area contributed by atoms with E-state index in [9.17, 15) is 5.11 Å². The fourth-order valence-corrected chi connectivity index (χ4v) is 1.52. The molecule has 0 fully saturated rings. The van der Waals surface area contributed by atoms with Gasteiger partial charge in [0, 0.05) is 6.20 Å². The topological polar surface area (TPSA) is 33.1 Å². The quantitative estimate of drug-likeness (QED) is 0.547. The van der Waals surface area contributed by atoms with Crippen LogP contribution in [0.4, 0.5) is 0 Å². The van der Waals surface area contributed by atoms with E-state index in [-0.39, 0.29) is 0 Å². The van der Waals surface area contributed by atoms with Crippen molar-refractivity contribution in [1.82, 2.24) is 4.98 Å². The van der Waals surface area contributed by atoms with E-state index in [1.54, 1.807) is 6.20 Å². The average Bonchev–Trinajstić information content (AvgIpc) is 2.30. The molecule has 0 aliphatic heterocycles. The molecule has 0 aliphatic carbocycles. The standard InChI is InChI=1S/C13H19NO/c1-2-3-4-5-6-10-13(15)12-9-7-8-11-14-12/h2,7-9,11,13,15H,1,3-6,10H2. The third kappa shape index (κ3) is 4.75. The van der Waals surface area contributed by atoms with Crippen LogP contribution >= 0.6 is 0 Å². The van der Waals surface area contributed by atoms with Crippen molar-refractivity contribution in [3.8, 4) is 0 Å². The van der Waals surface area contributed by atoms with Crippen LogP contribution in [0.15, 0.2) is 37.1 Å². The largest absolute Gasteiger partial charge is 0.387 e. The minimum atomic E-state index is -0.407. The van der Waals surface area contributed by atoms with Crippen LogP contribution < -0.4 is 0 Å². The maximum Gasteiger partial charge on any atom is 0.0959 e. The van der Waals surface area contributed by atoms with E-state index in [1.165, 1.54) is 6.42 Å². The Kier molecular flexibility index (Phi) is 5.71. The predicted octanol–water partition coefficient (Wildman–Crippen LogP) is 3.25. The SMILES string of the molecule is C=CCCCCCC(O)c1ccccn1. The van der Waals surface area contributed by atoms with E-state index in [0.29, 0.717) is 0 Å². The summed E-state index contributed by atoms with van der Waals surface area (Å²) in [6.07, 6.45) is 8.48. The van der Waals surface area contributed by atoms with E-state index in [1.807, 2.05) is 24.3 Å². The van der Waals surface area contributed by atoms with Gasteiger partial charge in [-0.2, -0.15) is 0 Å². The summed E-state index contributed by atoms with van der Waals surface area (Å²) < 4.78 is 0. The molecule has 0 radical (unpaired) electrons. The highest BCUT2D eigenvalue weighted by Crippen LogP contribution is 2.17. The zero-order valence-electron chi connectivity index (χ0n) is 9.10. The number of unbranched alkanes of at least 4 members (excludes halogenated alkanes) is 3. The predicted molar refractivity (Wildman–Crippen MR) is 62.5 cm³/mol. The van der Waals surface area contributed by atoms with E-state index < -0.39 is 6.10 Å². The van der Waals surface area contributed by atoms with Gasteiger partial charge in [-0.1, -0.05) is 25.0 Å². The number of hydrogen-bond donors (Lipinski definition) is 1. The number of aromatic nitrogens is 1. The zero-order chi connectivity index (χ0) is 10.9. The second-order valence-electron chi connectivity index (χ2n) is 3.70. The third-order valence-electron chi connectivity index (χ3n) is 2.41. The van der Waals surface area contributed by atoms with Crippen LogP contribution in [-0.4, -0.2) is 10.1 Å². The number of allylic oxidation sites excluding steroid dienone is 1. The molecule has 0 saturated heterocycles. The van der Waals surface area contributed by atoms with Crippen LogP contribution in [0.5, 0.6) is 0 Å². The summed E-state index contributed by atoms with van der Waals surface area (Å²) in [5.74, 6) is 0. The molecule has 1 heterocycles. The summed E-state index contributed by atoms with van der Waals surface area (Å²) >= 11 is 0. The number of nitrogens with zero attached hydrogens (tertiary/aromatic N) is 1.